The molecule has 2 atom stereocenters. The molecular formula is C23H37NO2S. The lowest BCUT2D eigenvalue weighted by molar-refractivity contribution is 0.0785. The summed E-state index contributed by atoms with van der Waals surface area (Å²) in [5, 5.41) is 1.02. The SMILES string of the molecule is CC.CCC1CC1.COC(C)C(C)n1c(C)c(C=O)c2ccc(SC)cc21. The lowest BCUT2D eigenvalue weighted by atomic mass is 10.1. The van der Waals surface area contributed by atoms with Gasteiger partial charge in [-0.15, -0.1) is 11.8 Å². The molecule has 0 spiro atoms. The first-order valence-corrected chi connectivity index (χ1v) is 11.4. The summed E-state index contributed by atoms with van der Waals surface area (Å²) in [5.74, 6) is 1.13. The van der Waals surface area contributed by atoms with Gasteiger partial charge in [-0.1, -0.05) is 46.1 Å². The van der Waals surface area contributed by atoms with Crippen LogP contribution in [0.15, 0.2) is 23.1 Å². The number of aromatic nitrogens is 1. The van der Waals surface area contributed by atoms with Crippen LogP contribution >= 0.6 is 11.8 Å². The Balaban J connectivity index is 0.000000441. The highest BCUT2D eigenvalue weighted by Crippen LogP contribution is 2.32. The molecule has 4 heteroatoms. The van der Waals surface area contributed by atoms with Gasteiger partial charge in [0, 0.05) is 28.6 Å². The maximum atomic E-state index is 11.4. The lowest BCUT2D eigenvalue weighted by Gasteiger charge is -2.23. The first kappa shape index (κ1) is 23.8. The molecule has 0 aliphatic heterocycles. The van der Waals surface area contributed by atoms with Crippen molar-refractivity contribution in [1.82, 2.24) is 4.57 Å². The van der Waals surface area contributed by atoms with E-state index in [0.717, 1.165) is 34.4 Å². The molecule has 1 aliphatic carbocycles. The molecule has 1 heterocycles. The van der Waals surface area contributed by atoms with Gasteiger partial charge in [0.1, 0.15) is 0 Å². The van der Waals surface area contributed by atoms with Gasteiger partial charge < -0.3 is 9.30 Å². The van der Waals surface area contributed by atoms with Gasteiger partial charge in [0.05, 0.1) is 17.7 Å². The van der Waals surface area contributed by atoms with Crippen LogP contribution in [0.1, 0.15) is 76.0 Å². The molecule has 152 valence electrons. The highest BCUT2D eigenvalue weighted by molar-refractivity contribution is 7.98. The van der Waals surface area contributed by atoms with Crippen molar-refractivity contribution >= 4 is 29.0 Å². The molecule has 2 unspecified atom stereocenters. The fourth-order valence-electron chi connectivity index (χ4n) is 3.18. The van der Waals surface area contributed by atoms with Crippen molar-refractivity contribution in [3.63, 3.8) is 0 Å². The van der Waals surface area contributed by atoms with E-state index in [0.29, 0.717) is 0 Å². The fourth-order valence-corrected chi connectivity index (χ4v) is 3.61. The van der Waals surface area contributed by atoms with Gasteiger partial charge in [-0.2, -0.15) is 0 Å². The number of nitrogens with zero attached hydrogens (tertiary/aromatic N) is 1. The highest BCUT2D eigenvalue weighted by Gasteiger charge is 2.21. The molecule has 1 fully saturated rings. The van der Waals surface area contributed by atoms with Crippen LogP contribution in [0.2, 0.25) is 0 Å². The fraction of sp³-hybridized carbons (Fsp3) is 0.609. The zero-order valence-corrected chi connectivity index (χ0v) is 19.2. The van der Waals surface area contributed by atoms with E-state index in [4.69, 9.17) is 4.74 Å². The monoisotopic (exact) mass is 391 g/mol. The van der Waals surface area contributed by atoms with E-state index in [1.165, 1.54) is 24.2 Å². The predicted octanol–water partition coefficient (Wildman–Crippen LogP) is 6.91. The largest absolute Gasteiger partial charge is 0.380 e. The quantitative estimate of drug-likeness (QED) is 0.396. The maximum absolute atomic E-state index is 11.4. The Hall–Kier alpha value is -1.26. The summed E-state index contributed by atoms with van der Waals surface area (Å²) >= 11 is 1.71. The van der Waals surface area contributed by atoms with Crippen LogP contribution in [-0.2, 0) is 4.74 Å². The van der Waals surface area contributed by atoms with Crippen LogP contribution in [0.4, 0.5) is 0 Å². The standard InChI is InChI=1S/C16H21NO2S.C5H10.C2H6/c1-10(12(3)19-4)17-11(2)15(9-18)14-7-6-13(20-5)8-16(14)17;1-2-5-3-4-5;1-2/h6-10,12H,1-5H3;5H,2-4H2,1H3;1-2H3. The van der Waals surface area contributed by atoms with Crippen molar-refractivity contribution in [2.45, 2.75) is 77.8 Å². The zero-order chi connectivity index (χ0) is 20.6. The Morgan fingerprint density at radius 2 is 1.93 bits per heavy atom. The average molecular weight is 392 g/mol. The van der Waals surface area contributed by atoms with Crippen molar-refractivity contribution in [3.8, 4) is 0 Å². The second-order valence-electron chi connectivity index (χ2n) is 6.90. The van der Waals surface area contributed by atoms with E-state index < -0.39 is 0 Å². The molecule has 1 aliphatic rings. The van der Waals surface area contributed by atoms with Gasteiger partial charge >= 0.3 is 0 Å². The first-order chi connectivity index (χ1) is 13.0. The van der Waals surface area contributed by atoms with Crippen molar-refractivity contribution in [1.29, 1.82) is 0 Å². The number of methoxy groups -OCH3 is 1. The number of hydrogen-bond acceptors (Lipinski definition) is 3. The van der Waals surface area contributed by atoms with Crippen LogP contribution in [-0.4, -0.2) is 30.3 Å². The van der Waals surface area contributed by atoms with Crippen LogP contribution < -0.4 is 0 Å². The first-order valence-electron chi connectivity index (χ1n) is 10.1. The van der Waals surface area contributed by atoms with E-state index in [1.54, 1.807) is 18.9 Å². The smallest absolute Gasteiger partial charge is 0.152 e. The summed E-state index contributed by atoms with van der Waals surface area (Å²) in [7, 11) is 1.72. The minimum absolute atomic E-state index is 0.0849. The molecule has 27 heavy (non-hydrogen) atoms. The summed E-state index contributed by atoms with van der Waals surface area (Å²) in [4.78, 5) is 12.6. The van der Waals surface area contributed by atoms with Gasteiger partial charge in [-0.05, 0) is 45.1 Å². The number of thioether (sulfide) groups is 1. The lowest BCUT2D eigenvalue weighted by Crippen LogP contribution is -2.21. The molecule has 1 aromatic heterocycles. The molecule has 0 bridgehead atoms. The van der Waals surface area contributed by atoms with E-state index in [2.05, 4.69) is 43.7 Å². The van der Waals surface area contributed by atoms with E-state index in [-0.39, 0.29) is 12.1 Å². The number of benzene rings is 1. The van der Waals surface area contributed by atoms with Crippen molar-refractivity contribution in [3.05, 3.63) is 29.5 Å². The number of aldehydes is 1. The van der Waals surface area contributed by atoms with Crippen molar-refractivity contribution < 1.29 is 9.53 Å². The van der Waals surface area contributed by atoms with Crippen LogP contribution in [0.25, 0.3) is 10.9 Å². The number of fused-ring (bicyclic) bond motifs is 1. The van der Waals surface area contributed by atoms with Gasteiger partial charge in [0.15, 0.2) is 6.29 Å². The van der Waals surface area contributed by atoms with Gasteiger partial charge in [0.2, 0.25) is 0 Å². The Morgan fingerprint density at radius 1 is 1.30 bits per heavy atom. The van der Waals surface area contributed by atoms with Gasteiger partial charge in [-0.3, -0.25) is 4.79 Å². The van der Waals surface area contributed by atoms with Gasteiger partial charge in [-0.25, -0.2) is 0 Å². The number of hydrogen-bond donors (Lipinski definition) is 0. The molecule has 1 saturated carbocycles. The third-order valence-electron chi connectivity index (χ3n) is 5.36. The minimum atomic E-state index is 0.0849. The predicted molar refractivity (Wildman–Crippen MR) is 119 cm³/mol. The summed E-state index contributed by atoms with van der Waals surface area (Å²) in [6, 6.07) is 6.43. The van der Waals surface area contributed by atoms with Crippen molar-refractivity contribution in [2.24, 2.45) is 5.92 Å². The van der Waals surface area contributed by atoms with Crippen LogP contribution in [0, 0.1) is 12.8 Å². The van der Waals surface area contributed by atoms with Crippen molar-refractivity contribution in [2.75, 3.05) is 13.4 Å². The van der Waals surface area contributed by atoms with Crippen LogP contribution in [0.5, 0.6) is 0 Å². The highest BCUT2D eigenvalue weighted by atomic mass is 32.2. The number of ether oxygens (including phenoxy) is 1. The second kappa shape index (κ2) is 11.6. The minimum Gasteiger partial charge on any atom is -0.380 e. The average Bonchev–Trinajstić information content (AvgIpc) is 3.51. The molecule has 1 aromatic carbocycles. The summed E-state index contributed by atoms with van der Waals surface area (Å²) in [6.07, 6.45) is 7.54. The number of carbonyl (C=O) groups is 1. The topological polar surface area (TPSA) is 31.2 Å². The molecule has 3 nitrogen and oxygen atoms in total. The van der Waals surface area contributed by atoms with Crippen LogP contribution in [0.3, 0.4) is 0 Å². The molecule has 2 aromatic rings. The molecule has 0 radical (unpaired) electrons. The third kappa shape index (κ3) is 5.86. The normalized spacial score (nSPS) is 15.3. The maximum Gasteiger partial charge on any atom is 0.152 e. The molecule has 0 amide bonds. The summed E-state index contributed by atoms with van der Waals surface area (Å²) < 4.78 is 7.67. The van der Waals surface area contributed by atoms with E-state index in [1.807, 2.05) is 26.8 Å². The van der Waals surface area contributed by atoms with E-state index in [9.17, 15) is 4.79 Å². The Morgan fingerprint density at radius 3 is 2.33 bits per heavy atom. The number of carbonyl (C=O) groups excluding carboxylic acids is 1. The molecule has 0 N–H and O–H groups in total. The van der Waals surface area contributed by atoms with E-state index >= 15 is 0 Å². The third-order valence-corrected chi connectivity index (χ3v) is 6.08. The Kier molecular flexibility index (Phi) is 10.2. The zero-order valence-electron chi connectivity index (χ0n) is 18.3. The Bertz CT molecular complexity index is 719. The molecular weight excluding hydrogens is 354 g/mol. The summed E-state index contributed by atoms with van der Waals surface area (Å²) in [6.45, 7) is 12.4. The summed E-state index contributed by atoms with van der Waals surface area (Å²) in [5.41, 5.74) is 2.89. The Labute approximate surface area is 169 Å². The van der Waals surface area contributed by atoms with Gasteiger partial charge in [0.25, 0.3) is 0 Å². The number of rotatable bonds is 6. The molecule has 3 rings (SSSR count). The molecule has 0 saturated heterocycles. The second-order valence-corrected chi connectivity index (χ2v) is 7.78.